The molecule has 0 aromatic heterocycles. The normalized spacial score (nSPS) is 22.7. The molecule has 2 atom stereocenters. The van der Waals surface area contributed by atoms with E-state index < -0.39 is 10.5 Å². The highest BCUT2D eigenvalue weighted by Crippen LogP contribution is 2.51. The molecule has 6 heteroatoms. The average molecular weight is 341 g/mol. The minimum absolute atomic E-state index is 0.0375. The summed E-state index contributed by atoms with van der Waals surface area (Å²) in [6.07, 6.45) is 1.55. The lowest BCUT2D eigenvalue weighted by molar-refractivity contribution is -0.384. The van der Waals surface area contributed by atoms with Crippen LogP contribution in [-0.2, 0) is 4.74 Å². The van der Waals surface area contributed by atoms with E-state index in [1.165, 1.54) is 12.1 Å². The standard InChI is InChI=1S/C18H13ClN2O3/c1-18(10-14(11-20)12-2-6-15(19)7-3-12)17(24-18)13-4-8-16(9-5-13)21(22)23/h2-10,17H,1H3/b14-10+/t17-,18+/m1/s1. The molecule has 24 heavy (non-hydrogen) atoms. The van der Waals surface area contributed by atoms with Crippen LogP contribution in [0.2, 0.25) is 5.02 Å². The van der Waals surface area contributed by atoms with Crippen LogP contribution >= 0.6 is 11.6 Å². The topological polar surface area (TPSA) is 79.5 Å². The summed E-state index contributed by atoms with van der Waals surface area (Å²) in [5, 5.41) is 20.7. The maximum absolute atomic E-state index is 10.7. The molecule has 0 amide bonds. The predicted octanol–water partition coefficient (Wildman–Crippen LogP) is 4.69. The van der Waals surface area contributed by atoms with E-state index in [1.807, 2.05) is 6.92 Å². The van der Waals surface area contributed by atoms with E-state index in [1.54, 1.807) is 42.5 Å². The Morgan fingerprint density at radius 1 is 1.29 bits per heavy atom. The highest BCUT2D eigenvalue weighted by Gasteiger charge is 2.51. The Balaban J connectivity index is 1.83. The molecule has 0 bridgehead atoms. The fourth-order valence-corrected chi connectivity index (χ4v) is 2.72. The van der Waals surface area contributed by atoms with E-state index >= 15 is 0 Å². The molecule has 0 spiro atoms. The number of nitriles is 1. The van der Waals surface area contributed by atoms with Gasteiger partial charge in [-0.2, -0.15) is 5.26 Å². The van der Waals surface area contributed by atoms with E-state index in [2.05, 4.69) is 6.07 Å². The first-order chi connectivity index (χ1) is 11.4. The van der Waals surface area contributed by atoms with Gasteiger partial charge in [-0.25, -0.2) is 0 Å². The second-order valence-corrected chi connectivity index (χ2v) is 6.14. The summed E-state index contributed by atoms with van der Waals surface area (Å²) < 4.78 is 5.74. The lowest BCUT2D eigenvalue weighted by Crippen LogP contribution is -2.03. The summed E-state index contributed by atoms with van der Waals surface area (Å²) in [6.45, 7) is 1.88. The number of halogens is 1. The van der Waals surface area contributed by atoms with Crippen LogP contribution in [0.4, 0.5) is 5.69 Å². The molecule has 2 aromatic rings. The van der Waals surface area contributed by atoms with Crippen molar-refractivity contribution in [2.75, 3.05) is 0 Å². The molecule has 1 aliphatic rings. The average Bonchev–Trinajstić information content (AvgIpc) is 3.25. The number of benzene rings is 2. The third-order valence-electron chi connectivity index (χ3n) is 3.95. The van der Waals surface area contributed by atoms with Crippen molar-refractivity contribution >= 4 is 22.9 Å². The van der Waals surface area contributed by atoms with Crippen LogP contribution in [0.15, 0.2) is 54.6 Å². The van der Waals surface area contributed by atoms with Crippen molar-refractivity contribution in [3.63, 3.8) is 0 Å². The van der Waals surface area contributed by atoms with Crippen LogP contribution in [0.25, 0.3) is 5.57 Å². The van der Waals surface area contributed by atoms with Crippen molar-refractivity contribution in [2.45, 2.75) is 18.6 Å². The van der Waals surface area contributed by atoms with Gasteiger partial charge in [-0.1, -0.05) is 23.7 Å². The molecule has 1 aliphatic heterocycles. The summed E-state index contributed by atoms with van der Waals surface area (Å²) in [5.41, 5.74) is 1.53. The van der Waals surface area contributed by atoms with Crippen molar-refractivity contribution in [1.29, 1.82) is 5.26 Å². The Labute approximate surface area is 143 Å². The van der Waals surface area contributed by atoms with Crippen molar-refractivity contribution in [2.24, 2.45) is 0 Å². The van der Waals surface area contributed by atoms with Crippen LogP contribution in [0.5, 0.6) is 0 Å². The van der Waals surface area contributed by atoms with Crippen molar-refractivity contribution in [3.05, 3.63) is 80.9 Å². The van der Waals surface area contributed by atoms with Crippen LogP contribution in [0.3, 0.4) is 0 Å². The molecule has 1 fully saturated rings. The van der Waals surface area contributed by atoms with Gasteiger partial charge in [-0.15, -0.1) is 0 Å². The van der Waals surface area contributed by atoms with Crippen molar-refractivity contribution in [3.8, 4) is 6.07 Å². The van der Waals surface area contributed by atoms with Crippen molar-refractivity contribution < 1.29 is 9.66 Å². The lowest BCUT2D eigenvalue weighted by Gasteiger charge is -2.04. The van der Waals surface area contributed by atoms with Gasteiger partial charge >= 0.3 is 0 Å². The van der Waals surface area contributed by atoms with Crippen LogP contribution in [0, 0.1) is 21.4 Å². The SMILES string of the molecule is C[C@@]1(/C=C(\C#N)c2ccc(Cl)cc2)O[C@@H]1c1ccc([N+](=O)[O-])cc1. The van der Waals surface area contributed by atoms with Crippen molar-refractivity contribution in [1.82, 2.24) is 0 Å². The second kappa shape index (κ2) is 6.08. The van der Waals surface area contributed by atoms with Gasteiger partial charge in [0.1, 0.15) is 11.7 Å². The van der Waals surface area contributed by atoms with Crippen LogP contribution < -0.4 is 0 Å². The van der Waals surface area contributed by atoms with Gasteiger partial charge in [0.15, 0.2) is 0 Å². The molecule has 3 rings (SSSR count). The summed E-state index contributed by atoms with van der Waals surface area (Å²) >= 11 is 5.87. The number of allylic oxidation sites excluding steroid dienone is 1. The molecule has 0 N–H and O–H groups in total. The van der Waals surface area contributed by atoms with Gasteiger partial charge in [0.05, 0.1) is 16.6 Å². The Morgan fingerprint density at radius 2 is 1.92 bits per heavy atom. The number of epoxide rings is 1. The van der Waals surface area contributed by atoms with E-state index in [4.69, 9.17) is 16.3 Å². The molecule has 1 saturated heterocycles. The van der Waals surface area contributed by atoms with E-state index in [0.717, 1.165) is 11.1 Å². The Hall–Kier alpha value is -2.68. The Kier molecular flexibility index (Phi) is 4.10. The number of non-ortho nitro benzene ring substituents is 1. The zero-order valence-corrected chi connectivity index (χ0v) is 13.5. The highest BCUT2D eigenvalue weighted by atomic mass is 35.5. The van der Waals surface area contributed by atoms with Gasteiger partial charge in [0, 0.05) is 17.2 Å². The summed E-state index contributed by atoms with van der Waals surface area (Å²) in [7, 11) is 0. The van der Waals surface area contributed by atoms with E-state index in [9.17, 15) is 15.4 Å². The number of nitrogens with zero attached hydrogens (tertiary/aromatic N) is 2. The molecule has 120 valence electrons. The zero-order chi connectivity index (χ0) is 17.3. The first-order valence-electron chi connectivity index (χ1n) is 7.24. The summed E-state index contributed by atoms with van der Waals surface area (Å²) in [4.78, 5) is 10.3. The van der Waals surface area contributed by atoms with Gasteiger partial charge in [-0.3, -0.25) is 10.1 Å². The quantitative estimate of drug-likeness (QED) is 0.350. The van der Waals surface area contributed by atoms with E-state index in [-0.39, 0.29) is 11.8 Å². The minimum Gasteiger partial charge on any atom is -0.357 e. The summed E-state index contributed by atoms with van der Waals surface area (Å²) in [6, 6.07) is 15.5. The number of hydrogen-bond donors (Lipinski definition) is 0. The Bertz CT molecular complexity index is 853. The number of nitro groups is 1. The van der Waals surface area contributed by atoms with Gasteiger partial charge < -0.3 is 4.74 Å². The molecule has 1 heterocycles. The number of hydrogen-bond acceptors (Lipinski definition) is 4. The van der Waals surface area contributed by atoms with Crippen LogP contribution in [0.1, 0.15) is 24.2 Å². The molecule has 0 unspecified atom stereocenters. The fraction of sp³-hybridized carbons (Fsp3) is 0.167. The maximum Gasteiger partial charge on any atom is 0.269 e. The highest BCUT2D eigenvalue weighted by molar-refractivity contribution is 6.30. The van der Waals surface area contributed by atoms with Gasteiger partial charge in [0.2, 0.25) is 0 Å². The maximum atomic E-state index is 10.7. The minimum atomic E-state index is -0.610. The monoisotopic (exact) mass is 340 g/mol. The summed E-state index contributed by atoms with van der Waals surface area (Å²) in [5.74, 6) is 0. The van der Waals surface area contributed by atoms with Gasteiger partial charge in [0.25, 0.3) is 5.69 Å². The number of ether oxygens (including phenoxy) is 1. The molecular weight excluding hydrogens is 328 g/mol. The largest absolute Gasteiger partial charge is 0.357 e. The Morgan fingerprint density at radius 3 is 2.46 bits per heavy atom. The fourth-order valence-electron chi connectivity index (χ4n) is 2.60. The molecule has 0 aliphatic carbocycles. The molecule has 0 radical (unpaired) electrons. The third kappa shape index (κ3) is 3.16. The molecular formula is C18H13ClN2O3. The van der Waals surface area contributed by atoms with E-state index in [0.29, 0.717) is 10.6 Å². The first-order valence-corrected chi connectivity index (χ1v) is 7.62. The predicted molar refractivity (Wildman–Crippen MR) is 90.4 cm³/mol. The third-order valence-corrected chi connectivity index (χ3v) is 4.20. The zero-order valence-electron chi connectivity index (χ0n) is 12.8. The number of nitro benzene ring substituents is 1. The lowest BCUT2D eigenvalue weighted by atomic mass is 9.96. The van der Waals surface area contributed by atoms with Gasteiger partial charge in [-0.05, 0) is 48.4 Å². The van der Waals surface area contributed by atoms with Crippen LogP contribution in [-0.4, -0.2) is 10.5 Å². The first kappa shape index (κ1) is 16.2. The second-order valence-electron chi connectivity index (χ2n) is 5.71. The number of rotatable bonds is 4. The smallest absolute Gasteiger partial charge is 0.269 e. The molecule has 2 aromatic carbocycles. The molecule has 0 saturated carbocycles. The molecule has 5 nitrogen and oxygen atoms in total.